The smallest absolute Gasteiger partial charge is 0.343 e. The van der Waals surface area contributed by atoms with Crippen molar-refractivity contribution in [2.45, 2.75) is 127 Å². The maximum Gasteiger partial charge on any atom is 0.343 e. The molecule has 8 unspecified atom stereocenters. The van der Waals surface area contributed by atoms with Crippen molar-refractivity contribution >= 4 is 59.7 Å². The Morgan fingerprint density at radius 2 is 0.623 bits per heavy atom. The molecule has 3 N–H and O–H groups in total. The molecule has 0 saturated carbocycles. The second-order valence-corrected chi connectivity index (χ2v) is 25.2. The molecular formula is C88H88O26. The normalized spacial score (nSPS) is 13.6. The Bertz CT molecular complexity index is 4470. The lowest BCUT2D eigenvalue weighted by molar-refractivity contribution is -0.256. The van der Waals surface area contributed by atoms with E-state index in [9.17, 15) is 63.3 Å². The fourth-order valence-electron chi connectivity index (χ4n) is 11.1. The molecule has 0 aromatic heterocycles. The van der Waals surface area contributed by atoms with Gasteiger partial charge in [0.2, 0.25) is 24.1 Å². The molecule has 8 atom stereocenters. The van der Waals surface area contributed by atoms with E-state index >= 15 is 0 Å². The van der Waals surface area contributed by atoms with E-state index in [2.05, 4.69) is 6.58 Å². The number of carbonyl (C=O) groups is 10. The van der Waals surface area contributed by atoms with Gasteiger partial charge in [0, 0.05) is 39.7 Å². The summed E-state index contributed by atoms with van der Waals surface area (Å²) < 4.78 is 78.0. The fraction of sp³-hybridized carbons (Fsp3) is 0.273. The first-order valence-electron chi connectivity index (χ1n) is 36.7. The van der Waals surface area contributed by atoms with E-state index in [-0.39, 0.29) is 51.1 Å². The Morgan fingerprint density at radius 3 is 0.965 bits per heavy atom. The van der Waals surface area contributed by atoms with Crippen LogP contribution in [0.2, 0.25) is 0 Å². The maximum absolute atomic E-state index is 14.7. The van der Waals surface area contributed by atoms with Gasteiger partial charge in [-0.2, -0.15) is 0 Å². The van der Waals surface area contributed by atoms with Crippen molar-refractivity contribution in [2.75, 3.05) is 26.4 Å². The standard InChI is InChI=1S/C88H88O26/c1-4-5-6-7-8-9-10-35-55-102-86(99)75(107-60(3)90)72(112-88(101)77(114-85(98)68-50-33-18-34-51-68)74(111-83(96)66-46-29-16-30-47-66)71(109-81(94)64-42-25-14-26-43-64)54-57-104-79(92)62-38-21-12-22-39-62)69(106-59(2)89)52-58-105-87(100)76(113-84(97)67-48-31-17-32-49-67)73(110-82(95)65-44-27-15-28-45-65)70(108-80(93)63-40-23-13-24-41-63)53-56-103-78(91)61-36-19-11-20-37-61/h4,11-34,36-51,69-72,75,86-88,99-101H,1,5-10,35,52-58H2,2-3H3/b76-73+,77-74-. The lowest BCUT2D eigenvalue weighted by Crippen LogP contribution is -2.52. The number of allylic oxidation sites excluding steroid dienone is 1. The van der Waals surface area contributed by atoms with Gasteiger partial charge in [0.1, 0.15) is 12.2 Å². The number of ether oxygens (including phenoxy) is 13. The van der Waals surface area contributed by atoms with Crippen LogP contribution < -0.4 is 0 Å². The number of aliphatic hydroxyl groups excluding tert-OH is 3. The molecular weight excluding hydrogens is 1470 g/mol. The quantitative estimate of drug-likeness (QED) is 0.00797. The second kappa shape index (κ2) is 47.0. The summed E-state index contributed by atoms with van der Waals surface area (Å²) in [7, 11) is 0. The van der Waals surface area contributed by atoms with Crippen molar-refractivity contribution in [3.63, 3.8) is 0 Å². The summed E-state index contributed by atoms with van der Waals surface area (Å²) in [4.78, 5) is 142. The van der Waals surface area contributed by atoms with Crippen LogP contribution in [0.1, 0.15) is 161 Å². The average molecular weight is 1560 g/mol. The van der Waals surface area contributed by atoms with Gasteiger partial charge < -0.3 is 76.9 Å². The molecule has 0 radical (unpaired) electrons. The molecule has 0 spiro atoms. The minimum absolute atomic E-state index is 0.0434. The van der Waals surface area contributed by atoms with Gasteiger partial charge in [-0.1, -0.05) is 177 Å². The van der Waals surface area contributed by atoms with Gasteiger partial charge in [-0.3, -0.25) is 9.59 Å². The molecule has 8 aromatic rings. The Kier molecular flexibility index (Phi) is 35.8. The highest BCUT2D eigenvalue weighted by atomic mass is 16.7. The number of hydrogen-bond donors (Lipinski definition) is 3. The Morgan fingerprint density at radius 1 is 0.316 bits per heavy atom. The number of hydrogen-bond acceptors (Lipinski definition) is 26. The van der Waals surface area contributed by atoms with Gasteiger partial charge in [0.25, 0.3) is 0 Å². The average Bonchev–Trinajstić information content (AvgIpc) is 0.817. The van der Waals surface area contributed by atoms with Crippen LogP contribution in [-0.2, 0) is 71.2 Å². The third-order valence-electron chi connectivity index (χ3n) is 16.8. The number of unbranched alkanes of at least 4 members (excludes halogenated alkanes) is 6. The molecule has 596 valence electrons. The van der Waals surface area contributed by atoms with Crippen molar-refractivity contribution < 1.29 is 125 Å². The summed E-state index contributed by atoms with van der Waals surface area (Å²) >= 11 is 0. The van der Waals surface area contributed by atoms with Crippen LogP contribution in [-0.4, -0.2) is 151 Å². The lowest BCUT2D eigenvalue weighted by Gasteiger charge is -2.36. The first-order chi connectivity index (χ1) is 55.3. The van der Waals surface area contributed by atoms with Gasteiger partial charge in [0.05, 0.1) is 64.3 Å². The summed E-state index contributed by atoms with van der Waals surface area (Å²) in [5.41, 5.74) is -0.537. The molecule has 114 heavy (non-hydrogen) atoms. The highest BCUT2D eigenvalue weighted by molar-refractivity contribution is 5.94. The van der Waals surface area contributed by atoms with Crippen LogP contribution in [0, 0.1) is 0 Å². The Hall–Kier alpha value is -12.6. The van der Waals surface area contributed by atoms with Crippen molar-refractivity contribution in [3.05, 3.63) is 323 Å². The van der Waals surface area contributed by atoms with Crippen LogP contribution in [0.15, 0.2) is 278 Å². The van der Waals surface area contributed by atoms with Gasteiger partial charge in [-0.25, -0.2) is 38.4 Å². The molecule has 0 aliphatic rings. The first kappa shape index (κ1) is 87.0. The summed E-state index contributed by atoms with van der Waals surface area (Å²) in [6.45, 7) is 3.21. The highest BCUT2D eigenvalue weighted by Crippen LogP contribution is 2.32. The number of aliphatic hydroxyl groups is 3. The molecule has 0 amide bonds. The van der Waals surface area contributed by atoms with E-state index in [1.165, 1.54) is 170 Å². The van der Waals surface area contributed by atoms with Gasteiger partial charge in [-0.15, -0.1) is 6.58 Å². The second-order valence-electron chi connectivity index (χ2n) is 25.2. The maximum atomic E-state index is 14.7. The minimum atomic E-state index is -2.92. The van der Waals surface area contributed by atoms with Crippen LogP contribution in [0.5, 0.6) is 0 Å². The molecule has 26 heteroatoms. The van der Waals surface area contributed by atoms with Gasteiger partial charge in [0.15, 0.2) is 36.1 Å². The predicted molar refractivity (Wildman–Crippen MR) is 408 cm³/mol. The van der Waals surface area contributed by atoms with Crippen LogP contribution in [0.3, 0.4) is 0 Å². The lowest BCUT2D eigenvalue weighted by atomic mass is 10.0. The molecule has 0 aliphatic carbocycles. The fourth-order valence-corrected chi connectivity index (χ4v) is 11.1. The number of carbonyl (C=O) groups excluding carboxylic acids is 10. The Balaban J connectivity index is 1.28. The number of benzene rings is 8. The van der Waals surface area contributed by atoms with Crippen molar-refractivity contribution in [3.8, 4) is 0 Å². The molecule has 8 aromatic carbocycles. The van der Waals surface area contributed by atoms with Crippen molar-refractivity contribution in [2.24, 2.45) is 0 Å². The van der Waals surface area contributed by atoms with Gasteiger partial charge in [-0.05, 0) is 116 Å². The molecule has 0 bridgehead atoms. The van der Waals surface area contributed by atoms with E-state index < -0.39 is 171 Å². The largest absolute Gasteiger partial charge is 0.462 e. The van der Waals surface area contributed by atoms with Crippen molar-refractivity contribution in [1.29, 1.82) is 0 Å². The minimum Gasteiger partial charge on any atom is -0.462 e. The van der Waals surface area contributed by atoms with Crippen LogP contribution in [0.4, 0.5) is 0 Å². The summed E-state index contributed by atoms with van der Waals surface area (Å²) in [5, 5.41) is 38.2. The number of esters is 10. The predicted octanol–water partition coefficient (Wildman–Crippen LogP) is 13.3. The highest BCUT2D eigenvalue weighted by Gasteiger charge is 2.45. The third kappa shape index (κ3) is 28.3. The van der Waals surface area contributed by atoms with Crippen molar-refractivity contribution in [1.82, 2.24) is 0 Å². The SMILES string of the molecule is C=CCCCCCCCCOC(O)C(OC(C)=O)C(OC(O)/C(OC(=O)c1ccccc1)=C(/OC(=O)c1ccccc1)C(CCOC(=O)c1ccccc1)OC(=O)c1ccccc1)C(CCOC(O)/C(OC(=O)c1ccccc1)=C(\OC(=O)c1ccccc1)C(CCOC(=O)c1ccccc1)OC(=O)c1ccccc1)OC(C)=O. The third-order valence-corrected chi connectivity index (χ3v) is 16.8. The van der Waals surface area contributed by atoms with Gasteiger partial charge >= 0.3 is 59.7 Å². The van der Waals surface area contributed by atoms with Crippen LogP contribution >= 0.6 is 0 Å². The molecule has 0 aliphatic heterocycles. The molecule has 0 saturated heterocycles. The van der Waals surface area contributed by atoms with Crippen LogP contribution in [0.25, 0.3) is 0 Å². The van der Waals surface area contributed by atoms with E-state index in [0.717, 1.165) is 46.0 Å². The van der Waals surface area contributed by atoms with E-state index in [1.54, 1.807) is 72.8 Å². The summed E-state index contributed by atoms with van der Waals surface area (Å²) in [6, 6.07) is 59.2. The zero-order valence-electron chi connectivity index (χ0n) is 62.6. The van der Waals surface area contributed by atoms with E-state index in [4.69, 9.17) is 61.6 Å². The topological polar surface area (TPSA) is 351 Å². The Labute approximate surface area is 658 Å². The first-order valence-corrected chi connectivity index (χ1v) is 36.7. The zero-order chi connectivity index (χ0) is 81.4. The number of rotatable bonds is 45. The zero-order valence-corrected chi connectivity index (χ0v) is 62.6. The molecule has 26 nitrogen and oxygen atoms in total. The van der Waals surface area contributed by atoms with E-state index in [1.807, 2.05) is 6.08 Å². The summed E-state index contributed by atoms with van der Waals surface area (Å²) in [5.74, 6) is -15.2. The van der Waals surface area contributed by atoms with E-state index in [0.29, 0.717) is 12.8 Å². The molecule has 8 rings (SSSR count). The molecule has 0 fully saturated rings. The monoisotopic (exact) mass is 1560 g/mol. The molecule has 0 heterocycles. The summed E-state index contributed by atoms with van der Waals surface area (Å²) in [6.07, 6.45) is -13.6.